The second-order valence-electron chi connectivity index (χ2n) is 4.72. The third-order valence-corrected chi connectivity index (χ3v) is 5.51. The molecule has 0 bridgehead atoms. The number of rotatable bonds is 6. The van der Waals surface area contributed by atoms with Crippen LogP contribution in [0, 0.1) is 17.2 Å². The zero-order valence-electron chi connectivity index (χ0n) is 11.9. The van der Waals surface area contributed by atoms with E-state index in [0.717, 1.165) is 6.42 Å². The predicted octanol–water partition coefficient (Wildman–Crippen LogP) is 3.27. The van der Waals surface area contributed by atoms with Crippen LogP contribution < -0.4 is 0 Å². The fourth-order valence-electron chi connectivity index (χ4n) is 1.77. The highest BCUT2D eigenvalue weighted by molar-refractivity contribution is 7.89. The van der Waals surface area contributed by atoms with Crippen LogP contribution in [0.15, 0.2) is 23.1 Å². The molecule has 0 amide bonds. The van der Waals surface area contributed by atoms with Crippen molar-refractivity contribution in [3.8, 4) is 6.07 Å². The summed E-state index contributed by atoms with van der Waals surface area (Å²) in [5.74, 6) is 0.290. The Hall–Kier alpha value is -1.09. The van der Waals surface area contributed by atoms with Gasteiger partial charge in [-0.1, -0.05) is 38.8 Å². The highest BCUT2D eigenvalue weighted by Crippen LogP contribution is 2.23. The molecule has 1 rings (SSSR count). The van der Waals surface area contributed by atoms with E-state index in [1.54, 1.807) is 0 Å². The molecule has 0 aliphatic carbocycles. The second-order valence-corrected chi connectivity index (χ2v) is 7.07. The standard InChI is InChI=1S/C14H19ClN2O2S/c1-4-11(3)10-17(5-2)20(18,19)13-7-6-12(9-16)14(15)8-13/h6-8,11H,4-5,10H2,1-3H3. The molecule has 110 valence electrons. The highest BCUT2D eigenvalue weighted by Gasteiger charge is 2.24. The Bertz CT molecular complexity index is 608. The Morgan fingerprint density at radius 2 is 2.05 bits per heavy atom. The van der Waals surface area contributed by atoms with Crippen LogP contribution >= 0.6 is 11.6 Å². The molecule has 0 aliphatic heterocycles. The van der Waals surface area contributed by atoms with Crippen LogP contribution in [0.3, 0.4) is 0 Å². The van der Waals surface area contributed by atoms with Gasteiger partial charge in [0.25, 0.3) is 0 Å². The quantitative estimate of drug-likeness (QED) is 0.809. The third-order valence-electron chi connectivity index (χ3n) is 3.26. The van der Waals surface area contributed by atoms with Gasteiger partial charge in [-0.3, -0.25) is 0 Å². The van der Waals surface area contributed by atoms with Gasteiger partial charge in [0, 0.05) is 13.1 Å². The van der Waals surface area contributed by atoms with Gasteiger partial charge < -0.3 is 0 Å². The summed E-state index contributed by atoms with van der Waals surface area (Å²) in [5, 5.41) is 8.98. The van der Waals surface area contributed by atoms with Crippen molar-refractivity contribution in [1.29, 1.82) is 5.26 Å². The lowest BCUT2D eigenvalue weighted by molar-refractivity contribution is 0.361. The highest BCUT2D eigenvalue weighted by atomic mass is 35.5. The molecule has 0 aliphatic rings. The van der Waals surface area contributed by atoms with Gasteiger partial charge in [-0.05, 0) is 24.1 Å². The number of hydrogen-bond acceptors (Lipinski definition) is 3. The maximum absolute atomic E-state index is 12.6. The Morgan fingerprint density at radius 1 is 1.40 bits per heavy atom. The zero-order valence-corrected chi connectivity index (χ0v) is 13.5. The zero-order chi connectivity index (χ0) is 15.3. The molecule has 20 heavy (non-hydrogen) atoms. The van der Waals surface area contributed by atoms with E-state index in [2.05, 4.69) is 0 Å². The van der Waals surface area contributed by atoms with Crippen molar-refractivity contribution < 1.29 is 8.42 Å². The molecule has 1 atom stereocenters. The Kier molecular flexibility index (Phi) is 6.00. The van der Waals surface area contributed by atoms with E-state index in [-0.39, 0.29) is 15.5 Å². The van der Waals surface area contributed by atoms with Gasteiger partial charge in [0.2, 0.25) is 10.0 Å². The van der Waals surface area contributed by atoms with Crippen molar-refractivity contribution in [3.05, 3.63) is 28.8 Å². The van der Waals surface area contributed by atoms with Crippen LogP contribution in [-0.2, 0) is 10.0 Å². The maximum atomic E-state index is 12.6. The molecule has 0 saturated carbocycles. The lowest BCUT2D eigenvalue weighted by Gasteiger charge is -2.23. The molecule has 0 saturated heterocycles. The molecule has 6 heteroatoms. The van der Waals surface area contributed by atoms with Crippen molar-refractivity contribution in [1.82, 2.24) is 4.31 Å². The molecule has 1 aromatic carbocycles. The molecule has 0 N–H and O–H groups in total. The first-order valence-corrected chi connectivity index (χ1v) is 8.38. The minimum absolute atomic E-state index is 0.131. The third kappa shape index (κ3) is 3.72. The summed E-state index contributed by atoms with van der Waals surface area (Å²) < 4.78 is 26.5. The summed E-state index contributed by atoms with van der Waals surface area (Å²) in [4.78, 5) is 0.131. The van der Waals surface area contributed by atoms with Crippen LogP contribution in [0.2, 0.25) is 5.02 Å². The van der Waals surface area contributed by atoms with E-state index in [1.165, 1.54) is 22.5 Å². The summed E-state index contributed by atoms with van der Waals surface area (Å²) in [6.07, 6.45) is 0.917. The maximum Gasteiger partial charge on any atom is 0.243 e. The van der Waals surface area contributed by atoms with Gasteiger partial charge in [-0.15, -0.1) is 0 Å². The Balaban J connectivity index is 3.14. The summed E-state index contributed by atoms with van der Waals surface area (Å²) in [6, 6.07) is 6.13. The van der Waals surface area contributed by atoms with Crippen molar-refractivity contribution >= 4 is 21.6 Å². The number of nitrogens with zero attached hydrogens (tertiary/aromatic N) is 2. The summed E-state index contributed by atoms with van der Waals surface area (Å²) in [7, 11) is -3.56. The van der Waals surface area contributed by atoms with Crippen LogP contribution in [0.4, 0.5) is 0 Å². The van der Waals surface area contributed by atoms with E-state index in [9.17, 15) is 8.42 Å². The Labute approximate surface area is 126 Å². The minimum Gasteiger partial charge on any atom is -0.207 e. The Morgan fingerprint density at radius 3 is 2.50 bits per heavy atom. The number of sulfonamides is 1. The van der Waals surface area contributed by atoms with Crippen molar-refractivity contribution in [3.63, 3.8) is 0 Å². The average molecular weight is 315 g/mol. The first-order chi connectivity index (χ1) is 9.36. The summed E-state index contributed by atoms with van der Waals surface area (Å²) >= 11 is 5.91. The van der Waals surface area contributed by atoms with E-state index >= 15 is 0 Å². The topological polar surface area (TPSA) is 61.2 Å². The van der Waals surface area contributed by atoms with E-state index < -0.39 is 10.0 Å². The van der Waals surface area contributed by atoms with Gasteiger partial charge in [-0.2, -0.15) is 9.57 Å². The molecule has 1 aromatic rings. The molecule has 0 spiro atoms. The second kappa shape index (κ2) is 7.07. The molecule has 0 fully saturated rings. The number of hydrogen-bond donors (Lipinski definition) is 0. The van der Waals surface area contributed by atoms with Crippen LogP contribution in [-0.4, -0.2) is 25.8 Å². The van der Waals surface area contributed by atoms with Gasteiger partial charge in [-0.25, -0.2) is 8.42 Å². The predicted molar refractivity (Wildman–Crippen MR) is 80.1 cm³/mol. The molecule has 4 nitrogen and oxygen atoms in total. The molecule has 0 radical (unpaired) electrons. The number of nitriles is 1. The monoisotopic (exact) mass is 314 g/mol. The van der Waals surface area contributed by atoms with E-state index in [4.69, 9.17) is 16.9 Å². The van der Waals surface area contributed by atoms with E-state index in [1.807, 2.05) is 26.8 Å². The van der Waals surface area contributed by atoms with E-state index in [0.29, 0.717) is 19.0 Å². The molecule has 0 aromatic heterocycles. The van der Waals surface area contributed by atoms with Crippen molar-refractivity contribution in [2.75, 3.05) is 13.1 Å². The largest absolute Gasteiger partial charge is 0.243 e. The van der Waals surface area contributed by atoms with Gasteiger partial charge in [0.05, 0.1) is 15.5 Å². The van der Waals surface area contributed by atoms with Gasteiger partial charge >= 0.3 is 0 Å². The van der Waals surface area contributed by atoms with Crippen LogP contribution in [0.5, 0.6) is 0 Å². The number of halogens is 1. The summed E-state index contributed by atoms with van der Waals surface area (Å²) in [6.45, 7) is 6.75. The SMILES string of the molecule is CCC(C)CN(CC)S(=O)(=O)c1ccc(C#N)c(Cl)c1. The molecular weight excluding hydrogens is 296 g/mol. The van der Waals surface area contributed by atoms with Crippen molar-refractivity contribution in [2.45, 2.75) is 32.1 Å². The first kappa shape index (κ1) is 17.0. The normalized spacial score (nSPS) is 13.2. The fraction of sp³-hybridized carbons (Fsp3) is 0.500. The van der Waals surface area contributed by atoms with Crippen LogP contribution in [0.1, 0.15) is 32.8 Å². The average Bonchev–Trinajstić information content (AvgIpc) is 2.43. The summed E-state index contributed by atoms with van der Waals surface area (Å²) in [5.41, 5.74) is 0.274. The first-order valence-electron chi connectivity index (χ1n) is 6.56. The van der Waals surface area contributed by atoms with Gasteiger partial charge in [0.1, 0.15) is 6.07 Å². The lowest BCUT2D eigenvalue weighted by Crippen LogP contribution is -2.34. The smallest absolute Gasteiger partial charge is 0.207 e. The van der Waals surface area contributed by atoms with Crippen molar-refractivity contribution in [2.24, 2.45) is 5.92 Å². The minimum atomic E-state index is -3.56. The fourth-order valence-corrected chi connectivity index (χ4v) is 3.65. The molecule has 1 unspecified atom stereocenters. The lowest BCUT2D eigenvalue weighted by atomic mass is 10.1. The molecule has 0 heterocycles. The van der Waals surface area contributed by atoms with Crippen LogP contribution in [0.25, 0.3) is 0 Å². The number of benzene rings is 1. The van der Waals surface area contributed by atoms with Gasteiger partial charge in [0.15, 0.2) is 0 Å². The molecular formula is C14H19ClN2O2S.